The molecule has 3 aromatic heterocycles. The minimum absolute atomic E-state index is 0.0233. The van der Waals surface area contributed by atoms with E-state index in [4.69, 9.17) is 21.7 Å². The Morgan fingerprint density at radius 2 is 1.25 bits per heavy atom. The molecule has 0 aliphatic carbocycles. The van der Waals surface area contributed by atoms with Gasteiger partial charge in [0.25, 0.3) is 5.69 Å². The summed E-state index contributed by atoms with van der Waals surface area (Å²) in [5.74, 6) is -2.12. The first-order valence-electron chi connectivity index (χ1n) is 16.0. The van der Waals surface area contributed by atoms with Crippen LogP contribution in [0.2, 0.25) is 0 Å². The van der Waals surface area contributed by atoms with Gasteiger partial charge in [-0.05, 0) is 78.2 Å². The number of nitro benzene ring substituents is 1. The van der Waals surface area contributed by atoms with Crippen LogP contribution in [0.15, 0.2) is 74.3 Å². The predicted molar refractivity (Wildman–Crippen MR) is 205 cm³/mol. The third kappa shape index (κ3) is 8.68. The minimum Gasteiger partial charge on any atom is -0.480 e. The number of nitrogens with two attached hydrogens (primary N) is 2. The number of carboxylic acids is 2. The van der Waals surface area contributed by atoms with E-state index in [9.17, 15) is 19.7 Å². The molecule has 3 heterocycles. The van der Waals surface area contributed by atoms with E-state index in [-0.39, 0.29) is 12.1 Å². The van der Waals surface area contributed by atoms with Crippen LogP contribution < -0.4 is 11.5 Å². The van der Waals surface area contributed by atoms with Crippen LogP contribution in [0, 0.1) is 30.9 Å². The number of aromatic amines is 3. The topological polar surface area (TPSA) is 217 Å². The van der Waals surface area contributed by atoms with Crippen molar-refractivity contribution in [1.29, 1.82) is 0 Å². The van der Waals surface area contributed by atoms with Gasteiger partial charge in [0.05, 0.1) is 15.8 Å². The number of rotatable bonds is 10. The maximum Gasteiger partial charge on any atom is 0.320 e. The summed E-state index contributed by atoms with van der Waals surface area (Å²) in [5, 5.41) is 31.8. The molecule has 3 aromatic carbocycles. The number of non-ortho nitro benzene ring substituents is 1. The molecule has 0 bridgehead atoms. The van der Waals surface area contributed by atoms with E-state index in [1.165, 1.54) is 28.7 Å². The van der Waals surface area contributed by atoms with Gasteiger partial charge in [0.15, 0.2) is 0 Å². The van der Waals surface area contributed by atoms with E-state index in [1.807, 2.05) is 31.2 Å². The highest BCUT2D eigenvalue weighted by atomic mass is 16.6. The SMILES string of the molecule is C=Cc1cc([N+](=O)[O-])c2c(CC(N)C(=O)O)c(C)[nH]c2c1.C=Cc1ccc2c(CC(N)C(=O)O)c(C)[nH]c2c1.C=Cc1ccc2cc(C)[nH]c2c1. The zero-order chi connectivity index (χ0) is 37.6. The fraction of sp³-hybridized carbons (Fsp3) is 0.179. The number of hydrogen-bond donors (Lipinski definition) is 7. The highest BCUT2D eigenvalue weighted by Gasteiger charge is 2.24. The lowest BCUT2D eigenvalue weighted by atomic mass is 10.0. The monoisotopic (exact) mass is 690 g/mol. The zero-order valence-electron chi connectivity index (χ0n) is 28.7. The summed E-state index contributed by atoms with van der Waals surface area (Å²) < 4.78 is 0. The maximum absolute atomic E-state index is 11.3. The Morgan fingerprint density at radius 3 is 1.82 bits per heavy atom. The van der Waals surface area contributed by atoms with Crippen molar-refractivity contribution in [3.8, 4) is 0 Å². The summed E-state index contributed by atoms with van der Waals surface area (Å²) in [7, 11) is 0. The molecule has 6 rings (SSSR count). The van der Waals surface area contributed by atoms with Gasteiger partial charge in [-0.15, -0.1) is 0 Å². The number of carbonyl (C=O) groups is 2. The first kappa shape index (κ1) is 37.6. The first-order valence-corrected chi connectivity index (χ1v) is 16.0. The van der Waals surface area contributed by atoms with Crippen molar-refractivity contribution in [2.45, 2.75) is 45.7 Å². The highest BCUT2D eigenvalue weighted by Crippen LogP contribution is 2.33. The van der Waals surface area contributed by atoms with E-state index in [0.29, 0.717) is 34.1 Å². The van der Waals surface area contributed by atoms with Crippen molar-refractivity contribution in [3.05, 3.63) is 129 Å². The van der Waals surface area contributed by atoms with Gasteiger partial charge in [0.1, 0.15) is 12.1 Å². The number of nitrogens with zero attached hydrogens (tertiary/aromatic N) is 1. The van der Waals surface area contributed by atoms with Crippen LogP contribution in [-0.2, 0) is 22.4 Å². The van der Waals surface area contributed by atoms with Crippen molar-refractivity contribution < 1.29 is 24.7 Å². The molecule has 0 aliphatic rings. The summed E-state index contributed by atoms with van der Waals surface area (Å²) in [6, 6.07) is 15.5. The fourth-order valence-corrected chi connectivity index (χ4v) is 5.88. The molecule has 0 fully saturated rings. The molecule has 6 aromatic rings. The maximum atomic E-state index is 11.3. The van der Waals surface area contributed by atoms with Gasteiger partial charge in [-0.1, -0.05) is 62.2 Å². The molecule has 2 atom stereocenters. The number of nitrogens with one attached hydrogen (secondary N) is 3. The number of carboxylic acid groups (broad SMARTS) is 2. The molecule has 12 nitrogen and oxygen atoms in total. The number of nitro groups is 1. The Bertz CT molecular complexity index is 2290. The standard InChI is InChI=1S/C14H15N3O4.C14H16N2O2.C11H11N/c1-3-8-4-11-13(12(5-8)17(20)21)9(7(2)16-11)6-10(15)14(18)19;1-3-9-4-5-10-11(7-12(15)14(17)18)8(2)16-13(10)6-9;1-3-9-4-5-10-6-8(2)12-11(10)7-9/h3-5,10,16H,1,6,15H2,2H3,(H,18,19);3-6,12,16H,1,7,15H2,2H3,(H,17,18);3-7,12H,1H2,2H3. The molecule has 9 N–H and O–H groups in total. The van der Waals surface area contributed by atoms with Gasteiger partial charge in [-0.25, -0.2) is 0 Å². The van der Waals surface area contributed by atoms with Gasteiger partial charge in [-0.3, -0.25) is 19.7 Å². The second-order valence-electron chi connectivity index (χ2n) is 12.2. The molecule has 264 valence electrons. The van der Waals surface area contributed by atoms with Gasteiger partial charge in [0.2, 0.25) is 0 Å². The Morgan fingerprint density at radius 1 is 0.745 bits per heavy atom. The minimum atomic E-state index is -1.14. The lowest BCUT2D eigenvalue weighted by Crippen LogP contribution is -2.32. The number of aromatic nitrogens is 3. The normalized spacial score (nSPS) is 11.9. The molecule has 0 saturated carbocycles. The Balaban J connectivity index is 0.000000177. The van der Waals surface area contributed by atoms with E-state index in [0.717, 1.165) is 33.3 Å². The highest BCUT2D eigenvalue weighted by molar-refractivity contribution is 5.95. The number of aliphatic carboxylic acids is 2. The number of benzene rings is 3. The largest absolute Gasteiger partial charge is 0.480 e. The summed E-state index contributed by atoms with van der Waals surface area (Å²) in [6.45, 7) is 16.8. The molecule has 0 aliphatic heterocycles. The molecule has 51 heavy (non-hydrogen) atoms. The van der Waals surface area contributed by atoms with Crippen molar-refractivity contribution in [1.82, 2.24) is 15.0 Å². The Hall–Kier alpha value is -6.24. The summed E-state index contributed by atoms with van der Waals surface area (Å²) in [6.07, 6.45) is 5.50. The zero-order valence-corrected chi connectivity index (χ0v) is 28.7. The van der Waals surface area contributed by atoms with Crippen LogP contribution in [0.1, 0.15) is 44.9 Å². The van der Waals surface area contributed by atoms with Crippen molar-refractivity contribution in [2.24, 2.45) is 11.5 Å². The van der Waals surface area contributed by atoms with E-state index < -0.39 is 28.9 Å². The van der Waals surface area contributed by atoms with E-state index in [1.54, 1.807) is 19.1 Å². The quantitative estimate of drug-likeness (QED) is 0.0576. The van der Waals surface area contributed by atoms with Crippen LogP contribution in [0.4, 0.5) is 5.69 Å². The predicted octanol–water partition coefficient (Wildman–Crippen LogP) is 7.17. The fourth-order valence-electron chi connectivity index (χ4n) is 5.88. The summed E-state index contributed by atoms with van der Waals surface area (Å²) >= 11 is 0. The van der Waals surface area contributed by atoms with Crippen LogP contribution in [0.5, 0.6) is 0 Å². The smallest absolute Gasteiger partial charge is 0.320 e. The van der Waals surface area contributed by atoms with Crippen molar-refractivity contribution in [2.75, 3.05) is 0 Å². The average molecular weight is 691 g/mol. The second kappa shape index (κ2) is 16.0. The van der Waals surface area contributed by atoms with Crippen LogP contribution in [0.25, 0.3) is 50.9 Å². The van der Waals surface area contributed by atoms with Crippen molar-refractivity contribution >= 4 is 68.6 Å². The number of hydrogen-bond acceptors (Lipinski definition) is 6. The Labute approximate surface area is 294 Å². The van der Waals surface area contributed by atoms with E-state index in [2.05, 4.69) is 65.9 Å². The molecule has 0 spiro atoms. The molecule has 0 saturated heterocycles. The van der Waals surface area contributed by atoms with Crippen molar-refractivity contribution in [3.63, 3.8) is 0 Å². The van der Waals surface area contributed by atoms with Gasteiger partial charge < -0.3 is 36.6 Å². The summed E-state index contributed by atoms with van der Waals surface area (Å²) in [5.41, 5.74) is 21.0. The van der Waals surface area contributed by atoms with Crippen LogP contribution >= 0.6 is 0 Å². The lowest BCUT2D eigenvalue weighted by molar-refractivity contribution is -0.383. The average Bonchev–Trinajstić information content (AvgIpc) is 3.73. The second-order valence-corrected chi connectivity index (χ2v) is 12.2. The molecule has 0 amide bonds. The van der Waals surface area contributed by atoms with Gasteiger partial charge >= 0.3 is 11.9 Å². The molecule has 2 unspecified atom stereocenters. The number of H-pyrrole nitrogens is 3. The molecule has 0 radical (unpaired) electrons. The van der Waals surface area contributed by atoms with E-state index >= 15 is 0 Å². The number of fused-ring (bicyclic) bond motifs is 3. The molecule has 12 heteroatoms. The van der Waals surface area contributed by atoms with Gasteiger partial charge in [-0.2, -0.15) is 0 Å². The molecular weight excluding hydrogens is 648 g/mol. The summed E-state index contributed by atoms with van der Waals surface area (Å²) in [4.78, 5) is 42.1. The number of aryl methyl sites for hydroxylation is 3. The molecular formula is C39H42N6O6. The third-order valence-corrected chi connectivity index (χ3v) is 8.53. The van der Waals surface area contributed by atoms with Crippen LogP contribution in [-0.4, -0.2) is 54.1 Å². The third-order valence-electron chi connectivity index (χ3n) is 8.53. The lowest BCUT2D eigenvalue weighted by Gasteiger charge is -2.07. The first-order chi connectivity index (χ1) is 24.2. The Kier molecular flexibility index (Phi) is 11.8. The van der Waals surface area contributed by atoms with Crippen LogP contribution in [0.3, 0.4) is 0 Å². The van der Waals surface area contributed by atoms with Gasteiger partial charge in [0, 0.05) is 52.4 Å².